The van der Waals surface area contributed by atoms with Gasteiger partial charge < -0.3 is 9.31 Å². The summed E-state index contributed by atoms with van der Waals surface area (Å²) >= 11 is 0. The summed E-state index contributed by atoms with van der Waals surface area (Å²) in [5, 5.41) is 0. The number of hydrogen-bond donors (Lipinski definition) is 0. The maximum atomic E-state index is 5.42. The van der Waals surface area contributed by atoms with E-state index in [4.69, 9.17) is 9.31 Å². The standard InChI is InChI=1S/C16H16BN2O2/c1-2-11(1)15-7-5-13(9-18-15)20-17-21-14-6-8-16(19-10-14)12-3-4-12/h5-12H,1-4H2. The van der Waals surface area contributed by atoms with Gasteiger partial charge in [-0.3, -0.25) is 9.97 Å². The summed E-state index contributed by atoms with van der Waals surface area (Å²) in [6.07, 6.45) is 8.50. The van der Waals surface area contributed by atoms with Crippen molar-refractivity contribution < 1.29 is 9.31 Å². The lowest BCUT2D eigenvalue weighted by molar-refractivity contribution is 0.456. The molecular weight excluding hydrogens is 263 g/mol. The topological polar surface area (TPSA) is 44.2 Å². The Balaban J connectivity index is 1.28. The minimum atomic E-state index is 0.662. The predicted molar refractivity (Wildman–Crippen MR) is 79.4 cm³/mol. The van der Waals surface area contributed by atoms with Crippen molar-refractivity contribution in [2.24, 2.45) is 0 Å². The zero-order valence-electron chi connectivity index (χ0n) is 11.7. The van der Waals surface area contributed by atoms with E-state index >= 15 is 0 Å². The first-order valence-corrected chi connectivity index (χ1v) is 7.45. The highest BCUT2D eigenvalue weighted by Crippen LogP contribution is 2.39. The Hall–Kier alpha value is -2.04. The van der Waals surface area contributed by atoms with Crippen LogP contribution in [0.25, 0.3) is 0 Å². The van der Waals surface area contributed by atoms with E-state index in [1.165, 1.54) is 33.4 Å². The van der Waals surface area contributed by atoms with Gasteiger partial charge in [0.2, 0.25) is 0 Å². The van der Waals surface area contributed by atoms with Gasteiger partial charge in [-0.05, 0) is 49.9 Å². The molecule has 0 unspecified atom stereocenters. The van der Waals surface area contributed by atoms with Crippen molar-refractivity contribution in [3.05, 3.63) is 48.0 Å². The summed E-state index contributed by atoms with van der Waals surface area (Å²) in [5.41, 5.74) is 2.31. The predicted octanol–water partition coefficient (Wildman–Crippen LogP) is 3.22. The first-order valence-electron chi connectivity index (χ1n) is 7.45. The molecule has 0 saturated heterocycles. The molecule has 1 radical (unpaired) electrons. The fourth-order valence-corrected chi connectivity index (χ4v) is 2.30. The number of rotatable bonds is 6. The maximum Gasteiger partial charge on any atom is 0.658 e. The summed E-state index contributed by atoms with van der Waals surface area (Å²) in [4.78, 5) is 8.78. The second kappa shape index (κ2) is 5.39. The molecule has 0 atom stereocenters. The third-order valence-corrected chi connectivity index (χ3v) is 3.88. The van der Waals surface area contributed by atoms with Gasteiger partial charge in [0.25, 0.3) is 0 Å². The van der Waals surface area contributed by atoms with Crippen LogP contribution < -0.4 is 9.31 Å². The van der Waals surface area contributed by atoms with Crippen LogP contribution in [-0.2, 0) is 0 Å². The molecule has 2 aliphatic carbocycles. The summed E-state index contributed by atoms with van der Waals surface area (Å²) in [6, 6.07) is 7.89. The van der Waals surface area contributed by atoms with E-state index in [0.717, 1.165) is 11.4 Å². The van der Waals surface area contributed by atoms with Crippen molar-refractivity contribution in [2.75, 3.05) is 0 Å². The van der Waals surface area contributed by atoms with Crippen LogP contribution in [0.1, 0.15) is 48.9 Å². The molecule has 0 bridgehead atoms. The molecule has 2 aromatic rings. The fourth-order valence-electron chi connectivity index (χ4n) is 2.30. The van der Waals surface area contributed by atoms with Crippen LogP contribution in [0.3, 0.4) is 0 Å². The normalized spacial score (nSPS) is 17.3. The average molecular weight is 279 g/mol. The van der Waals surface area contributed by atoms with Crippen LogP contribution in [0.2, 0.25) is 0 Å². The van der Waals surface area contributed by atoms with E-state index in [9.17, 15) is 0 Å². The number of hydrogen-bond acceptors (Lipinski definition) is 4. The Labute approximate surface area is 124 Å². The van der Waals surface area contributed by atoms with E-state index in [2.05, 4.69) is 9.97 Å². The van der Waals surface area contributed by atoms with Gasteiger partial charge in [-0.25, -0.2) is 0 Å². The highest BCUT2D eigenvalue weighted by atomic mass is 16.6. The van der Waals surface area contributed by atoms with E-state index in [1.807, 2.05) is 24.3 Å². The van der Waals surface area contributed by atoms with E-state index in [-0.39, 0.29) is 0 Å². The summed E-state index contributed by atoms with van der Waals surface area (Å²) in [6.45, 7) is 0. The molecular formula is C16H16BN2O2. The third-order valence-electron chi connectivity index (χ3n) is 3.88. The summed E-state index contributed by atoms with van der Waals surface area (Å²) in [7, 11) is 1.32. The van der Waals surface area contributed by atoms with Crippen molar-refractivity contribution in [3.63, 3.8) is 0 Å². The van der Waals surface area contributed by atoms with Crippen LogP contribution in [0, 0.1) is 0 Å². The van der Waals surface area contributed by atoms with Gasteiger partial charge in [0, 0.05) is 23.2 Å². The molecule has 4 rings (SSSR count). The van der Waals surface area contributed by atoms with Gasteiger partial charge in [0.1, 0.15) is 11.5 Å². The number of aromatic nitrogens is 2. The van der Waals surface area contributed by atoms with E-state index in [0.29, 0.717) is 23.3 Å². The summed E-state index contributed by atoms with van der Waals surface area (Å²) in [5.74, 6) is 2.69. The van der Waals surface area contributed by atoms with Gasteiger partial charge in [-0.15, -0.1) is 0 Å². The minimum Gasteiger partial charge on any atom is -0.525 e. The van der Waals surface area contributed by atoms with Crippen molar-refractivity contribution in [1.82, 2.24) is 9.97 Å². The molecule has 0 aliphatic heterocycles. The first-order chi connectivity index (χ1) is 10.4. The Bertz CT molecular complexity index is 552. The molecule has 0 spiro atoms. The lowest BCUT2D eigenvalue weighted by atomic mass is 10.2. The summed E-state index contributed by atoms with van der Waals surface area (Å²) < 4.78 is 10.8. The Morgan fingerprint density at radius 2 is 1.24 bits per heavy atom. The monoisotopic (exact) mass is 279 g/mol. The molecule has 105 valence electrons. The highest BCUT2D eigenvalue weighted by Gasteiger charge is 2.25. The molecule has 0 amide bonds. The van der Waals surface area contributed by atoms with Gasteiger partial charge in [0.05, 0.1) is 12.4 Å². The largest absolute Gasteiger partial charge is 0.658 e. The molecule has 2 heterocycles. The Kier molecular flexibility index (Phi) is 3.26. The van der Waals surface area contributed by atoms with Crippen molar-refractivity contribution in [2.45, 2.75) is 37.5 Å². The van der Waals surface area contributed by atoms with Gasteiger partial charge in [0.15, 0.2) is 0 Å². The minimum absolute atomic E-state index is 0.662. The van der Waals surface area contributed by atoms with Crippen molar-refractivity contribution in [3.8, 4) is 11.5 Å². The molecule has 5 heteroatoms. The van der Waals surface area contributed by atoms with Gasteiger partial charge in [-0.1, -0.05) is 0 Å². The quantitative estimate of drug-likeness (QED) is 0.761. The molecule has 2 fully saturated rings. The smallest absolute Gasteiger partial charge is 0.525 e. The maximum absolute atomic E-state index is 5.42. The first kappa shape index (κ1) is 12.7. The van der Waals surface area contributed by atoms with Gasteiger partial charge >= 0.3 is 7.69 Å². The molecule has 2 aromatic heterocycles. The molecule has 0 N–H and O–H groups in total. The fraction of sp³-hybridized carbons (Fsp3) is 0.375. The van der Waals surface area contributed by atoms with Crippen molar-refractivity contribution >= 4 is 7.69 Å². The van der Waals surface area contributed by atoms with E-state index < -0.39 is 0 Å². The van der Waals surface area contributed by atoms with Crippen molar-refractivity contribution in [1.29, 1.82) is 0 Å². The Morgan fingerprint density at radius 1 is 0.762 bits per heavy atom. The van der Waals surface area contributed by atoms with Crippen LogP contribution in [0.4, 0.5) is 0 Å². The molecule has 21 heavy (non-hydrogen) atoms. The molecule has 0 aromatic carbocycles. The second-order valence-electron chi connectivity index (χ2n) is 5.72. The van der Waals surface area contributed by atoms with Gasteiger partial charge in [-0.2, -0.15) is 0 Å². The second-order valence-corrected chi connectivity index (χ2v) is 5.72. The number of nitrogens with zero attached hydrogens (tertiary/aromatic N) is 2. The highest BCUT2D eigenvalue weighted by molar-refractivity contribution is 6.20. The third kappa shape index (κ3) is 3.18. The Morgan fingerprint density at radius 3 is 1.57 bits per heavy atom. The van der Waals surface area contributed by atoms with E-state index in [1.54, 1.807) is 12.4 Å². The molecule has 2 aliphatic rings. The lowest BCUT2D eigenvalue weighted by Gasteiger charge is -2.07. The van der Waals surface area contributed by atoms with Crippen LogP contribution >= 0.6 is 0 Å². The average Bonchev–Trinajstić information content (AvgIpc) is 3.41. The zero-order chi connectivity index (χ0) is 14.1. The number of pyridine rings is 2. The van der Waals surface area contributed by atoms with Crippen LogP contribution in [0.15, 0.2) is 36.7 Å². The zero-order valence-corrected chi connectivity index (χ0v) is 11.7. The molecule has 4 nitrogen and oxygen atoms in total. The van der Waals surface area contributed by atoms with Crippen LogP contribution in [0.5, 0.6) is 11.5 Å². The lowest BCUT2D eigenvalue weighted by Crippen LogP contribution is -2.11. The SMILES string of the molecule is [B](Oc1ccc(C2CC2)nc1)Oc1ccc(C2CC2)nc1. The molecule has 2 saturated carbocycles. The van der Waals surface area contributed by atoms with Crippen LogP contribution in [-0.4, -0.2) is 17.7 Å².